The highest BCUT2D eigenvalue weighted by Crippen LogP contribution is 2.24. The summed E-state index contributed by atoms with van der Waals surface area (Å²) in [5.41, 5.74) is 0.922. The highest BCUT2D eigenvalue weighted by atomic mass is 79.9. The molecule has 100 valence electrons. The number of pyridine rings is 1. The van der Waals surface area contributed by atoms with Crippen LogP contribution in [0.4, 0.5) is 5.82 Å². The van der Waals surface area contributed by atoms with Crippen molar-refractivity contribution in [2.24, 2.45) is 0 Å². The van der Waals surface area contributed by atoms with E-state index in [0.717, 1.165) is 15.9 Å². The second-order valence-electron chi connectivity index (χ2n) is 4.26. The Balaban J connectivity index is 2.26. The molecule has 0 aliphatic carbocycles. The van der Waals surface area contributed by atoms with Crippen molar-refractivity contribution >= 4 is 43.2 Å². The van der Waals surface area contributed by atoms with Gasteiger partial charge in [-0.15, -0.1) is 11.6 Å². The first-order valence-corrected chi connectivity index (χ1v) is 8.82. The summed E-state index contributed by atoms with van der Waals surface area (Å²) in [6.45, 7) is 1.19. The minimum atomic E-state index is -2.90. The zero-order chi connectivity index (χ0) is 13.2. The molecule has 1 aromatic heterocycles. The van der Waals surface area contributed by atoms with E-state index in [1.165, 1.54) is 0 Å². The van der Waals surface area contributed by atoms with E-state index in [2.05, 4.69) is 20.9 Å². The molecule has 1 saturated heterocycles. The van der Waals surface area contributed by atoms with Crippen molar-refractivity contribution in [1.82, 2.24) is 4.98 Å². The van der Waals surface area contributed by atoms with E-state index in [0.29, 0.717) is 25.4 Å². The van der Waals surface area contributed by atoms with Gasteiger partial charge in [-0.2, -0.15) is 0 Å². The van der Waals surface area contributed by atoms with Gasteiger partial charge in [0.05, 0.1) is 17.4 Å². The van der Waals surface area contributed by atoms with Crippen LogP contribution in [0.1, 0.15) is 12.0 Å². The second-order valence-corrected chi connectivity index (χ2v) is 7.75. The van der Waals surface area contributed by atoms with Gasteiger partial charge in [-0.3, -0.25) is 0 Å². The molecule has 7 heteroatoms. The number of alkyl halides is 1. The first kappa shape index (κ1) is 14.1. The monoisotopic (exact) mass is 352 g/mol. The van der Waals surface area contributed by atoms with Gasteiger partial charge in [0.2, 0.25) is 0 Å². The van der Waals surface area contributed by atoms with E-state index in [1.54, 1.807) is 6.20 Å². The Labute approximate surface area is 120 Å². The Hall–Kier alpha value is -0.330. The van der Waals surface area contributed by atoms with Crippen molar-refractivity contribution in [1.29, 1.82) is 0 Å². The number of aromatic nitrogens is 1. The molecule has 1 aliphatic rings. The molecule has 2 rings (SSSR count). The molecule has 1 aliphatic heterocycles. The second kappa shape index (κ2) is 5.75. The summed E-state index contributed by atoms with van der Waals surface area (Å²) in [6.07, 6.45) is 2.35. The van der Waals surface area contributed by atoms with E-state index >= 15 is 0 Å². The fourth-order valence-corrected chi connectivity index (χ4v) is 3.85. The molecule has 4 nitrogen and oxygen atoms in total. The van der Waals surface area contributed by atoms with Gasteiger partial charge in [0.1, 0.15) is 5.82 Å². The predicted octanol–water partition coefficient (Wildman–Crippen LogP) is 2.21. The Bertz CT molecular complexity index is 536. The van der Waals surface area contributed by atoms with Crippen LogP contribution in [0.2, 0.25) is 0 Å². The maximum Gasteiger partial charge on any atom is 0.152 e. The molecule has 18 heavy (non-hydrogen) atoms. The fraction of sp³-hybridized carbons (Fsp3) is 0.545. The number of halogens is 2. The molecular formula is C11H14BrClN2O2S. The molecule has 0 unspecified atom stereocenters. The third-order valence-corrected chi connectivity index (χ3v) is 5.35. The lowest BCUT2D eigenvalue weighted by Crippen LogP contribution is -2.28. The number of anilines is 1. The molecule has 0 saturated carbocycles. The molecule has 2 heterocycles. The van der Waals surface area contributed by atoms with Crippen molar-refractivity contribution in [3.8, 4) is 0 Å². The topological polar surface area (TPSA) is 50.3 Å². The van der Waals surface area contributed by atoms with Gasteiger partial charge >= 0.3 is 0 Å². The predicted molar refractivity (Wildman–Crippen MR) is 77.0 cm³/mol. The summed E-state index contributed by atoms with van der Waals surface area (Å²) in [4.78, 5) is 6.37. The van der Waals surface area contributed by atoms with Crippen molar-refractivity contribution < 1.29 is 8.42 Å². The van der Waals surface area contributed by atoms with Gasteiger partial charge in [-0.05, 0) is 28.4 Å². The maximum absolute atomic E-state index is 11.6. The molecular weight excluding hydrogens is 340 g/mol. The fourth-order valence-electron chi connectivity index (χ4n) is 2.01. The zero-order valence-corrected chi connectivity index (χ0v) is 12.9. The van der Waals surface area contributed by atoms with Crippen molar-refractivity contribution in [2.75, 3.05) is 29.5 Å². The first-order valence-electron chi connectivity index (χ1n) is 5.67. The van der Waals surface area contributed by atoms with E-state index in [4.69, 9.17) is 11.6 Å². The highest BCUT2D eigenvalue weighted by molar-refractivity contribution is 9.10. The van der Waals surface area contributed by atoms with E-state index in [-0.39, 0.29) is 11.5 Å². The molecule has 0 atom stereocenters. The van der Waals surface area contributed by atoms with Crippen LogP contribution in [0.15, 0.2) is 16.7 Å². The molecule has 0 spiro atoms. The van der Waals surface area contributed by atoms with Crippen molar-refractivity contribution in [2.45, 2.75) is 12.3 Å². The minimum Gasteiger partial charge on any atom is -0.355 e. The van der Waals surface area contributed by atoms with Crippen LogP contribution in [0.5, 0.6) is 0 Å². The average molecular weight is 354 g/mol. The summed E-state index contributed by atoms with van der Waals surface area (Å²) in [5, 5.41) is 0. The number of nitrogens with zero attached hydrogens (tertiary/aromatic N) is 2. The van der Waals surface area contributed by atoms with Crippen LogP contribution >= 0.6 is 27.5 Å². The van der Waals surface area contributed by atoms with Gasteiger partial charge in [0, 0.05) is 29.3 Å². The molecule has 0 amide bonds. The van der Waals surface area contributed by atoms with Gasteiger partial charge in [-0.1, -0.05) is 0 Å². The molecule has 0 N–H and O–H groups in total. The quantitative estimate of drug-likeness (QED) is 0.765. The zero-order valence-electron chi connectivity index (χ0n) is 9.77. The van der Waals surface area contributed by atoms with Gasteiger partial charge in [0.25, 0.3) is 0 Å². The highest BCUT2D eigenvalue weighted by Gasteiger charge is 2.21. The van der Waals surface area contributed by atoms with E-state index < -0.39 is 9.84 Å². The molecule has 0 bridgehead atoms. The van der Waals surface area contributed by atoms with Gasteiger partial charge in [0.15, 0.2) is 9.84 Å². The van der Waals surface area contributed by atoms with Crippen LogP contribution in [0, 0.1) is 0 Å². The van der Waals surface area contributed by atoms with Crippen LogP contribution in [0.25, 0.3) is 0 Å². The smallest absolute Gasteiger partial charge is 0.152 e. The van der Waals surface area contributed by atoms with Crippen LogP contribution in [-0.4, -0.2) is 38.0 Å². The van der Waals surface area contributed by atoms with Crippen molar-refractivity contribution in [3.05, 3.63) is 22.3 Å². The minimum absolute atomic E-state index is 0.187. The average Bonchev–Trinajstić information content (AvgIpc) is 2.50. The number of rotatable bonds is 2. The first-order chi connectivity index (χ1) is 8.52. The van der Waals surface area contributed by atoms with E-state index in [1.807, 2.05) is 11.0 Å². The molecule has 0 radical (unpaired) electrons. The summed E-state index contributed by atoms with van der Waals surface area (Å²) >= 11 is 9.27. The lowest BCUT2D eigenvalue weighted by Gasteiger charge is -2.23. The lowest BCUT2D eigenvalue weighted by molar-refractivity contribution is 0.597. The van der Waals surface area contributed by atoms with Gasteiger partial charge in [-0.25, -0.2) is 13.4 Å². The summed E-state index contributed by atoms with van der Waals surface area (Å²) < 4.78 is 24.0. The van der Waals surface area contributed by atoms with Gasteiger partial charge < -0.3 is 4.90 Å². The van der Waals surface area contributed by atoms with Crippen LogP contribution < -0.4 is 4.90 Å². The SMILES string of the molecule is O=S1(=O)CCCN(c2ncc(Br)cc2CCl)CC1. The van der Waals surface area contributed by atoms with Crippen LogP contribution in [-0.2, 0) is 15.7 Å². The third kappa shape index (κ3) is 3.36. The molecule has 1 aromatic rings. The number of hydrogen-bond donors (Lipinski definition) is 0. The van der Waals surface area contributed by atoms with Crippen LogP contribution in [0.3, 0.4) is 0 Å². The normalized spacial score (nSPS) is 19.6. The third-order valence-electron chi connectivity index (χ3n) is 2.91. The maximum atomic E-state index is 11.6. The molecule has 1 fully saturated rings. The summed E-state index contributed by atoms with van der Waals surface area (Å²) in [5.74, 6) is 1.61. The Kier molecular flexibility index (Phi) is 4.50. The Morgan fingerprint density at radius 1 is 1.39 bits per heavy atom. The number of sulfone groups is 1. The summed E-state index contributed by atoms with van der Waals surface area (Å²) in [6, 6.07) is 1.93. The molecule has 0 aromatic carbocycles. The van der Waals surface area contributed by atoms with E-state index in [9.17, 15) is 8.42 Å². The standard InChI is InChI=1S/C11H14BrClN2O2S/c12-10-6-9(7-13)11(14-8-10)15-2-1-4-18(16,17)5-3-15/h6,8H,1-5,7H2. The summed E-state index contributed by atoms with van der Waals surface area (Å²) in [7, 11) is -2.90. The Morgan fingerprint density at radius 3 is 2.89 bits per heavy atom. The Morgan fingerprint density at radius 2 is 2.17 bits per heavy atom. The largest absolute Gasteiger partial charge is 0.355 e. The van der Waals surface area contributed by atoms with Crippen molar-refractivity contribution in [3.63, 3.8) is 0 Å². The number of hydrogen-bond acceptors (Lipinski definition) is 4. The lowest BCUT2D eigenvalue weighted by atomic mass is 10.2.